The highest BCUT2D eigenvalue weighted by Gasteiger charge is 2.23. The van der Waals surface area contributed by atoms with Crippen molar-refractivity contribution in [3.05, 3.63) is 29.8 Å². The summed E-state index contributed by atoms with van der Waals surface area (Å²) < 4.78 is 0. The van der Waals surface area contributed by atoms with Gasteiger partial charge in [-0.1, -0.05) is 25.5 Å². The van der Waals surface area contributed by atoms with E-state index < -0.39 is 0 Å². The predicted octanol–water partition coefficient (Wildman–Crippen LogP) is 0.666. The van der Waals surface area contributed by atoms with Gasteiger partial charge in [0.1, 0.15) is 6.04 Å². The SMILES string of the molecule is CCCc1ccc(NC(=O)C2CNC(=O)CN2)cc1. The van der Waals surface area contributed by atoms with Crippen molar-refractivity contribution in [2.45, 2.75) is 25.8 Å². The quantitative estimate of drug-likeness (QED) is 0.746. The Kier molecular flexibility index (Phi) is 4.52. The molecule has 3 N–H and O–H groups in total. The monoisotopic (exact) mass is 261 g/mol. The van der Waals surface area contributed by atoms with Gasteiger partial charge >= 0.3 is 0 Å². The first kappa shape index (κ1) is 13.5. The summed E-state index contributed by atoms with van der Waals surface area (Å²) in [6.45, 7) is 2.66. The number of hydrogen-bond acceptors (Lipinski definition) is 3. The zero-order chi connectivity index (χ0) is 13.7. The Hall–Kier alpha value is -1.88. The van der Waals surface area contributed by atoms with E-state index in [1.54, 1.807) is 0 Å². The molecule has 1 unspecified atom stereocenters. The Morgan fingerprint density at radius 1 is 1.37 bits per heavy atom. The topological polar surface area (TPSA) is 70.2 Å². The zero-order valence-corrected chi connectivity index (χ0v) is 11.0. The second kappa shape index (κ2) is 6.33. The number of carbonyl (C=O) groups is 2. The van der Waals surface area contributed by atoms with Crippen LogP contribution in [0.2, 0.25) is 0 Å². The highest BCUT2D eigenvalue weighted by molar-refractivity contribution is 5.96. The first-order valence-corrected chi connectivity index (χ1v) is 6.59. The third kappa shape index (κ3) is 3.79. The van der Waals surface area contributed by atoms with Crippen LogP contribution in [0.25, 0.3) is 0 Å². The Morgan fingerprint density at radius 3 is 2.68 bits per heavy atom. The number of aryl methyl sites for hydroxylation is 1. The minimum absolute atomic E-state index is 0.0760. The molecule has 102 valence electrons. The number of benzene rings is 1. The summed E-state index contributed by atoms with van der Waals surface area (Å²) >= 11 is 0. The van der Waals surface area contributed by atoms with Gasteiger partial charge in [0.05, 0.1) is 6.54 Å². The number of hydrogen-bond donors (Lipinski definition) is 3. The lowest BCUT2D eigenvalue weighted by molar-refractivity contribution is -0.124. The van der Waals surface area contributed by atoms with Crippen molar-refractivity contribution in [1.29, 1.82) is 0 Å². The van der Waals surface area contributed by atoms with Gasteiger partial charge in [0.2, 0.25) is 11.8 Å². The molecule has 1 heterocycles. The average Bonchev–Trinajstić information content (AvgIpc) is 2.42. The van der Waals surface area contributed by atoms with Crippen LogP contribution in [0.1, 0.15) is 18.9 Å². The Balaban J connectivity index is 1.89. The number of anilines is 1. The van der Waals surface area contributed by atoms with E-state index in [-0.39, 0.29) is 24.4 Å². The van der Waals surface area contributed by atoms with E-state index in [2.05, 4.69) is 22.9 Å². The van der Waals surface area contributed by atoms with E-state index in [1.807, 2.05) is 24.3 Å². The summed E-state index contributed by atoms with van der Waals surface area (Å²) in [5.41, 5.74) is 2.05. The van der Waals surface area contributed by atoms with Gasteiger partial charge in [-0.05, 0) is 24.1 Å². The maximum Gasteiger partial charge on any atom is 0.243 e. The molecule has 0 saturated carbocycles. The highest BCUT2D eigenvalue weighted by atomic mass is 16.2. The minimum Gasteiger partial charge on any atom is -0.353 e. The first-order chi connectivity index (χ1) is 9.19. The lowest BCUT2D eigenvalue weighted by Gasteiger charge is -2.23. The van der Waals surface area contributed by atoms with Crippen LogP contribution in [0, 0.1) is 0 Å². The Labute approximate surface area is 112 Å². The third-order valence-corrected chi connectivity index (χ3v) is 3.09. The van der Waals surface area contributed by atoms with Crippen LogP contribution in [-0.4, -0.2) is 30.9 Å². The van der Waals surface area contributed by atoms with Crippen molar-refractivity contribution < 1.29 is 9.59 Å². The Bertz CT molecular complexity index is 446. The first-order valence-electron chi connectivity index (χ1n) is 6.59. The lowest BCUT2D eigenvalue weighted by atomic mass is 10.1. The lowest BCUT2D eigenvalue weighted by Crippen LogP contribution is -2.56. The summed E-state index contributed by atoms with van der Waals surface area (Å²) in [6, 6.07) is 7.49. The number of rotatable bonds is 4. The standard InChI is InChI=1S/C14H19N3O2/c1-2-3-10-4-6-11(7-5-10)17-14(19)12-8-16-13(18)9-15-12/h4-7,12,15H,2-3,8-9H2,1H3,(H,16,18)(H,17,19). The van der Waals surface area contributed by atoms with E-state index >= 15 is 0 Å². The summed E-state index contributed by atoms with van der Waals surface area (Å²) in [7, 11) is 0. The molecular formula is C14H19N3O2. The van der Waals surface area contributed by atoms with Crippen LogP contribution < -0.4 is 16.0 Å². The Morgan fingerprint density at radius 2 is 2.11 bits per heavy atom. The average molecular weight is 261 g/mol. The highest BCUT2D eigenvalue weighted by Crippen LogP contribution is 2.11. The maximum atomic E-state index is 12.0. The molecule has 1 atom stereocenters. The molecule has 2 rings (SSSR count). The van der Waals surface area contributed by atoms with Gasteiger partial charge < -0.3 is 10.6 Å². The fourth-order valence-electron chi connectivity index (χ4n) is 2.02. The predicted molar refractivity (Wildman–Crippen MR) is 73.9 cm³/mol. The van der Waals surface area contributed by atoms with E-state index in [0.717, 1.165) is 18.5 Å². The van der Waals surface area contributed by atoms with E-state index in [9.17, 15) is 9.59 Å². The third-order valence-electron chi connectivity index (χ3n) is 3.09. The molecule has 1 aromatic rings. The van der Waals surface area contributed by atoms with Crippen molar-refractivity contribution in [2.24, 2.45) is 0 Å². The summed E-state index contributed by atoms with van der Waals surface area (Å²) in [5, 5.41) is 8.40. The molecular weight excluding hydrogens is 242 g/mol. The smallest absolute Gasteiger partial charge is 0.243 e. The van der Waals surface area contributed by atoms with E-state index in [4.69, 9.17) is 0 Å². The van der Waals surface area contributed by atoms with Crippen LogP contribution in [0.5, 0.6) is 0 Å². The zero-order valence-electron chi connectivity index (χ0n) is 11.0. The van der Waals surface area contributed by atoms with Crippen LogP contribution >= 0.6 is 0 Å². The molecule has 0 bridgehead atoms. The molecule has 19 heavy (non-hydrogen) atoms. The largest absolute Gasteiger partial charge is 0.353 e. The van der Waals surface area contributed by atoms with Crippen molar-refractivity contribution >= 4 is 17.5 Å². The number of piperazine rings is 1. The summed E-state index contributed by atoms with van der Waals surface area (Å²) in [6.07, 6.45) is 2.15. The van der Waals surface area contributed by atoms with E-state index in [1.165, 1.54) is 5.56 Å². The molecule has 0 aromatic heterocycles. The van der Waals surface area contributed by atoms with Gasteiger partial charge in [0.25, 0.3) is 0 Å². The molecule has 5 heteroatoms. The van der Waals surface area contributed by atoms with Crippen LogP contribution in [-0.2, 0) is 16.0 Å². The molecule has 1 saturated heterocycles. The molecule has 1 fully saturated rings. The normalized spacial score (nSPS) is 18.8. The van der Waals surface area contributed by atoms with Gasteiger partial charge in [0.15, 0.2) is 0 Å². The van der Waals surface area contributed by atoms with Gasteiger partial charge in [-0.15, -0.1) is 0 Å². The van der Waals surface area contributed by atoms with Crippen LogP contribution in [0.3, 0.4) is 0 Å². The van der Waals surface area contributed by atoms with Crippen molar-refractivity contribution in [1.82, 2.24) is 10.6 Å². The van der Waals surface area contributed by atoms with Crippen LogP contribution in [0.4, 0.5) is 5.69 Å². The van der Waals surface area contributed by atoms with E-state index in [0.29, 0.717) is 6.54 Å². The fraction of sp³-hybridized carbons (Fsp3) is 0.429. The second-order valence-corrected chi connectivity index (χ2v) is 4.67. The maximum absolute atomic E-state index is 12.0. The molecule has 2 amide bonds. The molecule has 1 aliphatic heterocycles. The number of amides is 2. The molecule has 0 spiro atoms. The van der Waals surface area contributed by atoms with Gasteiger partial charge in [-0.2, -0.15) is 0 Å². The summed E-state index contributed by atoms with van der Waals surface area (Å²) in [5.74, 6) is -0.198. The van der Waals surface area contributed by atoms with Crippen molar-refractivity contribution in [3.8, 4) is 0 Å². The number of nitrogens with one attached hydrogen (secondary N) is 3. The molecule has 5 nitrogen and oxygen atoms in total. The second-order valence-electron chi connectivity index (χ2n) is 4.67. The van der Waals surface area contributed by atoms with Gasteiger partial charge in [-0.25, -0.2) is 0 Å². The number of carbonyl (C=O) groups excluding carboxylic acids is 2. The van der Waals surface area contributed by atoms with Crippen LogP contribution in [0.15, 0.2) is 24.3 Å². The van der Waals surface area contributed by atoms with Crippen molar-refractivity contribution in [3.63, 3.8) is 0 Å². The molecule has 0 aliphatic carbocycles. The van der Waals surface area contributed by atoms with Gasteiger partial charge in [-0.3, -0.25) is 14.9 Å². The molecule has 0 radical (unpaired) electrons. The fourth-order valence-corrected chi connectivity index (χ4v) is 2.02. The van der Waals surface area contributed by atoms with Crippen molar-refractivity contribution in [2.75, 3.05) is 18.4 Å². The molecule has 1 aromatic carbocycles. The minimum atomic E-state index is -0.368. The molecule has 1 aliphatic rings. The van der Waals surface area contributed by atoms with Gasteiger partial charge in [0, 0.05) is 12.2 Å². The summed E-state index contributed by atoms with van der Waals surface area (Å²) in [4.78, 5) is 22.9.